The van der Waals surface area contributed by atoms with Gasteiger partial charge in [-0.2, -0.15) is 0 Å². The Bertz CT molecular complexity index is 597. The Balaban J connectivity index is 2.37. The number of hydrogen-bond acceptors (Lipinski definition) is 2. The molecule has 0 aliphatic heterocycles. The van der Waals surface area contributed by atoms with Crippen molar-refractivity contribution in [3.8, 4) is 0 Å². The molecule has 112 valence electrons. The zero-order chi connectivity index (χ0) is 15.5. The molecular formula is C19H25NO. The Morgan fingerprint density at radius 1 is 0.952 bits per heavy atom. The van der Waals surface area contributed by atoms with Crippen LogP contribution in [0.3, 0.4) is 0 Å². The third-order valence-corrected chi connectivity index (χ3v) is 4.47. The lowest BCUT2D eigenvalue weighted by Gasteiger charge is -2.31. The zero-order valence-electron chi connectivity index (χ0n) is 13.2. The Labute approximate surface area is 127 Å². The molecule has 1 unspecified atom stereocenters. The maximum Gasteiger partial charge on any atom is 0.0543 e. The van der Waals surface area contributed by atoms with Gasteiger partial charge in [0.15, 0.2) is 0 Å². The molecule has 3 N–H and O–H groups in total. The molecule has 0 bridgehead atoms. The molecule has 0 spiro atoms. The molecule has 0 aliphatic carbocycles. The van der Waals surface area contributed by atoms with Crippen LogP contribution in [0.2, 0.25) is 0 Å². The molecule has 21 heavy (non-hydrogen) atoms. The third-order valence-electron chi connectivity index (χ3n) is 4.47. The van der Waals surface area contributed by atoms with Crippen molar-refractivity contribution >= 4 is 0 Å². The maximum atomic E-state index is 10.0. The van der Waals surface area contributed by atoms with Crippen LogP contribution < -0.4 is 5.73 Å². The van der Waals surface area contributed by atoms with Crippen molar-refractivity contribution in [2.24, 2.45) is 5.73 Å². The van der Waals surface area contributed by atoms with Crippen molar-refractivity contribution in [1.29, 1.82) is 0 Å². The van der Waals surface area contributed by atoms with E-state index < -0.39 is 5.41 Å². The Kier molecular flexibility index (Phi) is 4.81. The summed E-state index contributed by atoms with van der Waals surface area (Å²) in [6.07, 6.45) is 0.754. The summed E-state index contributed by atoms with van der Waals surface area (Å²) in [7, 11) is 0. The molecule has 0 saturated carbocycles. The van der Waals surface area contributed by atoms with Gasteiger partial charge in [-0.15, -0.1) is 0 Å². The van der Waals surface area contributed by atoms with Crippen LogP contribution in [0.5, 0.6) is 0 Å². The standard InChI is InChI=1S/C19H25NO/c1-14-4-8-18(9-5-14)19(12-20,13-21)11-17-7-6-15(2)16(3)10-17/h4-10,21H,11-13,20H2,1-3H3. The molecule has 2 rings (SSSR count). The monoisotopic (exact) mass is 283 g/mol. The fraction of sp³-hybridized carbons (Fsp3) is 0.368. The van der Waals surface area contributed by atoms with Gasteiger partial charge in [0.25, 0.3) is 0 Å². The van der Waals surface area contributed by atoms with E-state index in [0.717, 1.165) is 12.0 Å². The molecule has 2 nitrogen and oxygen atoms in total. The molecule has 0 saturated heterocycles. The van der Waals surface area contributed by atoms with E-state index in [1.165, 1.54) is 22.3 Å². The Hall–Kier alpha value is -1.64. The van der Waals surface area contributed by atoms with E-state index in [1.54, 1.807) is 0 Å². The highest BCUT2D eigenvalue weighted by atomic mass is 16.3. The Morgan fingerprint density at radius 3 is 2.14 bits per heavy atom. The first kappa shape index (κ1) is 15.7. The van der Waals surface area contributed by atoms with E-state index in [2.05, 4.69) is 63.2 Å². The van der Waals surface area contributed by atoms with Crippen LogP contribution in [-0.2, 0) is 11.8 Å². The van der Waals surface area contributed by atoms with Gasteiger partial charge in [-0.1, -0.05) is 48.0 Å². The van der Waals surface area contributed by atoms with Crippen molar-refractivity contribution in [2.75, 3.05) is 13.2 Å². The molecule has 2 aromatic rings. The van der Waals surface area contributed by atoms with Crippen molar-refractivity contribution < 1.29 is 5.11 Å². The molecule has 1 atom stereocenters. The molecule has 0 heterocycles. The number of hydrogen-bond donors (Lipinski definition) is 2. The number of aliphatic hydroxyl groups is 1. The lowest BCUT2D eigenvalue weighted by molar-refractivity contribution is 0.196. The average molecular weight is 283 g/mol. The highest BCUT2D eigenvalue weighted by molar-refractivity contribution is 5.35. The lowest BCUT2D eigenvalue weighted by atomic mass is 9.75. The summed E-state index contributed by atoms with van der Waals surface area (Å²) in [5.74, 6) is 0. The second-order valence-electron chi connectivity index (χ2n) is 6.10. The number of rotatable bonds is 5. The van der Waals surface area contributed by atoms with Crippen LogP contribution in [0, 0.1) is 20.8 Å². The largest absolute Gasteiger partial charge is 0.395 e. The Morgan fingerprint density at radius 2 is 1.62 bits per heavy atom. The molecule has 0 amide bonds. The van der Waals surface area contributed by atoms with Gasteiger partial charge >= 0.3 is 0 Å². The average Bonchev–Trinajstić information content (AvgIpc) is 2.49. The lowest BCUT2D eigenvalue weighted by Crippen LogP contribution is -2.41. The van der Waals surface area contributed by atoms with Gasteiger partial charge in [-0.25, -0.2) is 0 Å². The van der Waals surface area contributed by atoms with Crippen molar-refractivity contribution in [3.05, 3.63) is 70.3 Å². The van der Waals surface area contributed by atoms with E-state index in [1.807, 2.05) is 0 Å². The van der Waals surface area contributed by atoms with Gasteiger partial charge in [0.05, 0.1) is 6.61 Å². The fourth-order valence-electron chi connectivity index (χ4n) is 2.72. The fourth-order valence-corrected chi connectivity index (χ4v) is 2.72. The number of nitrogens with two attached hydrogens (primary N) is 1. The predicted molar refractivity (Wildman–Crippen MR) is 88.6 cm³/mol. The number of aliphatic hydroxyl groups excluding tert-OH is 1. The normalized spacial score (nSPS) is 14.0. The third kappa shape index (κ3) is 3.34. The summed E-state index contributed by atoms with van der Waals surface area (Å²) in [6, 6.07) is 14.8. The zero-order valence-corrected chi connectivity index (χ0v) is 13.2. The van der Waals surface area contributed by atoms with Gasteiger partial charge in [0, 0.05) is 12.0 Å². The topological polar surface area (TPSA) is 46.2 Å². The minimum absolute atomic E-state index is 0.0550. The van der Waals surface area contributed by atoms with Gasteiger partial charge in [0.1, 0.15) is 0 Å². The summed E-state index contributed by atoms with van der Waals surface area (Å²) < 4.78 is 0. The summed E-state index contributed by atoms with van der Waals surface area (Å²) >= 11 is 0. The molecule has 2 aromatic carbocycles. The molecule has 0 radical (unpaired) electrons. The van der Waals surface area contributed by atoms with Crippen LogP contribution >= 0.6 is 0 Å². The van der Waals surface area contributed by atoms with E-state index in [4.69, 9.17) is 5.73 Å². The maximum absolute atomic E-state index is 10.0. The van der Waals surface area contributed by atoms with Crippen LogP contribution in [0.15, 0.2) is 42.5 Å². The second kappa shape index (κ2) is 6.42. The highest BCUT2D eigenvalue weighted by Crippen LogP contribution is 2.28. The van der Waals surface area contributed by atoms with Crippen LogP contribution in [0.1, 0.15) is 27.8 Å². The number of aryl methyl sites for hydroxylation is 3. The quantitative estimate of drug-likeness (QED) is 0.886. The van der Waals surface area contributed by atoms with Crippen LogP contribution in [0.4, 0.5) is 0 Å². The SMILES string of the molecule is Cc1ccc(C(CN)(CO)Cc2ccc(C)c(C)c2)cc1. The van der Waals surface area contributed by atoms with Crippen LogP contribution in [0.25, 0.3) is 0 Å². The first-order chi connectivity index (χ1) is 10.0. The minimum atomic E-state index is -0.407. The smallest absolute Gasteiger partial charge is 0.0543 e. The first-order valence-electron chi connectivity index (χ1n) is 7.45. The number of benzene rings is 2. The molecular weight excluding hydrogens is 258 g/mol. The van der Waals surface area contributed by atoms with Crippen molar-refractivity contribution in [2.45, 2.75) is 32.6 Å². The van der Waals surface area contributed by atoms with Crippen LogP contribution in [-0.4, -0.2) is 18.3 Å². The van der Waals surface area contributed by atoms with Crippen molar-refractivity contribution in [1.82, 2.24) is 0 Å². The van der Waals surface area contributed by atoms with Gasteiger partial charge in [-0.05, 0) is 49.4 Å². The first-order valence-corrected chi connectivity index (χ1v) is 7.45. The molecule has 0 fully saturated rings. The van der Waals surface area contributed by atoms with E-state index in [9.17, 15) is 5.11 Å². The minimum Gasteiger partial charge on any atom is -0.395 e. The summed E-state index contributed by atoms with van der Waals surface area (Å²) in [5.41, 5.74) is 11.7. The summed E-state index contributed by atoms with van der Waals surface area (Å²) in [4.78, 5) is 0. The van der Waals surface area contributed by atoms with Gasteiger partial charge in [-0.3, -0.25) is 0 Å². The van der Waals surface area contributed by atoms with Gasteiger partial charge in [0.2, 0.25) is 0 Å². The summed E-state index contributed by atoms with van der Waals surface area (Å²) in [6.45, 7) is 6.78. The second-order valence-corrected chi connectivity index (χ2v) is 6.10. The highest BCUT2D eigenvalue weighted by Gasteiger charge is 2.30. The van der Waals surface area contributed by atoms with Crippen molar-refractivity contribution in [3.63, 3.8) is 0 Å². The predicted octanol–water partition coefficient (Wildman–Crippen LogP) is 3.04. The van der Waals surface area contributed by atoms with E-state index >= 15 is 0 Å². The van der Waals surface area contributed by atoms with E-state index in [-0.39, 0.29) is 6.61 Å². The van der Waals surface area contributed by atoms with E-state index in [0.29, 0.717) is 6.54 Å². The van der Waals surface area contributed by atoms with Gasteiger partial charge < -0.3 is 10.8 Å². The summed E-state index contributed by atoms with van der Waals surface area (Å²) in [5, 5.41) is 10.0. The molecule has 2 heteroatoms. The molecule has 0 aliphatic rings. The molecule has 0 aromatic heterocycles.